The summed E-state index contributed by atoms with van der Waals surface area (Å²) in [7, 11) is 0. The SMILES string of the molecule is CC1(C)CC(NC(=O)CCCOc2ccccc2N)CC(C)(C)N1. The average molecular weight is 333 g/mol. The van der Waals surface area contributed by atoms with Crippen LogP contribution in [0, 0.1) is 0 Å². The molecular weight excluding hydrogens is 302 g/mol. The molecule has 0 aromatic heterocycles. The van der Waals surface area contributed by atoms with Crippen LogP contribution in [0.4, 0.5) is 5.69 Å². The second-order valence-corrected chi connectivity index (χ2v) is 8.06. The minimum Gasteiger partial charge on any atom is -0.491 e. The Bertz CT molecular complexity index is 553. The standard InChI is InChI=1S/C19H31N3O2/c1-18(2)12-14(13-19(3,4)22-18)21-17(23)10-7-11-24-16-9-6-5-8-15(16)20/h5-6,8-9,14,22H,7,10-13,20H2,1-4H3,(H,21,23). The molecule has 1 amide bonds. The van der Waals surface area contributed by atoms with Crippen molar-refractivity contribution in [2.45, 2.75) is 70.5 Å². The van der Waals surface area contributed by atoms with E-state index < -0.39 is 0 Å². The van der Waals surface area contributed by atoms with Gasteiger partial charge in [0.05, 0.1) is 12.3 Å². The van der Waals surface area contributed by atoms with Gasteiger partial charge in [0, 0.05) is 23.5 Å². The number of hydrogen-bond acceptors (Lipinski definition) is 4. The molecule has 1 aromatic rings. The lowest BCUT2D eigenvalue weighted by atomic mass is 9.79. The Balaban J connectivity index is 1.72. The van der Waals surface area contributed by atoms with Gasteiger partial charge < -0.3 is 21.1 Å². The first-order chi connectivity index (χ1) is 11.2. The van der Waals surface area contributed by atoms with Crippen LogP contribution in [0.25, 0.3) is 0 Å². The Morgan fingerprint density at radius 3 is 2.50 bits per heavy atom. The normalized spacial score (nSPS) is 19.7. The molecule has 0 aliphatic carbocycles. The predicted octanol–water partition coefficient (Wildman–Crippen LogP) is 2.85. The predicted molar refractivity (Wildman–Crippen MR) is 98.0 cm³/mol. The summed E-state index contributed by atoms with van der Waals surface area (Å²) in [6, 6.07) is 7.63. The molecule has 0 bridgehead atoms. The van der Waals surface area contributed by atoms with Gasteiger partial charge in [-0.1, -0.05) is 12.1 Å². The first-order valence-corrected chi connectivity index (χ1v) is 8.73. The van der Waals surface area contributed by atoms with Crippen molar-refractivity contribution in [3.8, 4) is 5.75 Å². The van der Waals surface area contributed by atoms with Crippen LogP contribution in [0.2, 0.25) is 0 Å². The summed E-state index contributed by atoms with van der Waals surface area (Å²) in [5.41, 5.74) is 6.52. The van der Waals surface area contributed by atoms with Crippen LogP contribution in [0.15, 0.2) is 24.3 Å². The maximum Gasteiger partial charge on any atom is 0.220 e. The highest BCUT2D eigenvalue weighted by Crippen LogP contribution is 2.28. The molecule has 0 radical (unpaired) electrons. The smallest absolute Gasteiger partial charge is 0.220 e. The minimum absolute atomic E-state index is 0.0354. The third-order valence-electron chi connectivity index (χ3n) is 4.28. The first kappa shape index (κ1) is 18.6. The molecule has 5 nitrogen and oxygen atoms in total. The average Bonchev–Trinajstić information content (AvgIpc) is 2.41. The lowest BCUT2D eigenvalue weighted by molar-refractivity contribution is -0.122. The number of carbonyl (C=O) groups excluding carboxylic acids is 1. The van der Waals surface area contributed by atoms with Crippen molar-refractivity contribution in [3.05, 3.63) is 24.3 Å². The van der Waals surface area contributed by atoms with Gasteiger partial charge in [-0.2, -0.15) is 0 Å². The van der Waals surface area contributed by atoms with Gasteiger partial charge >= 0.3 is 0 Å². The molecule has 0 saturated carbocycles. The van der Waals surface area contributed by atoms with E-state index in [1.165, 1.54) is 0 Å². The Morgan fingerprint density at radius 2 is 1.88 bits per heavy atom. The maximum atomic E-state index is 12.2. The zero-order valence-corrected chi connectivity index (χ0v) is 15.3. The lowest BCUT2D eigenvalue weighted by Crippen LogP contribution is -2.62. The van der Waals surface area contributed by atoms with Crippen LogP contribution in [0.5, 0.6) is 5.75 Å². The van der Waals surface area contributed by atoms with E-state index in [0.29, 0.717) is 30.9 Å². The molecule has 24 heavy (non-hydrogen) atoms. The molecule has 1 heterocycles. The van der Waals surface area contributed by atoms with E-state index in [0.717, 1.165) is 12.8 Å². The number of benzene rings is 1. The molecule has 134 valence electrons. The van der Waals surface area contributed by atoms with Crippen molar-refractivity contribution < 1.29 is 9.53 Å². The van der Waals surface area contributed by atoms with Gasteiger partial charge in [0.1, 0.15) is 5.75 Å². The van der Waals surface area contributed by atoms with Gasteiger partial charge in [-0.25, -0.2) is 0 Å². The fraction of sp³-hybridized carbons (Fsp3) is 0.632. The van der Waals surface area contributed by atoms with Crippen LogP contribution in [-0.4, -0.2) is 29.6 Å². The molecule has 0 spiro atoms. The van der Waals surface area contributed by atoms with E-state index >= 15 is 0 Å². The zero-order chi connectivity index (χ0) is 17.8. The summed E-state index contributed by atoms with van der Waals surface area (Å²) >= 11 is 0. The molecule has 1 aliphatic heterocycles. The molecule has 1 aromatic carbocycles. The van der Waals surface area contributed by atoms with Crippen LogP contribution in [0.1, 0.15) is 53.4 Å². The first-order valence-electron chi connectivity index (χ1n) is 8.73. The molecule has 1 saturated heterocycles. The Labute approximate surface area is 145 Å². The highest BCUT2D eigenvalue weighted by Gasteiger charge is 2.37. The fourth-order valence-electron chi connectivity index (χ4n) is 3.75. The van der Waals surface area contributed by atoms with Crippen molar-refractivity contribution in [3.63, 3.8) is 0 Å². The van der Waals surface area contributed by atoms with Crippen molar-refractivity contribution >= 4 is 11.6 Å². The number of piperidine rings is 1. The Hall–Kier alpha value is -1.75. The number of amides is 1. The van der Waals surface area contributed by atoms with Crippen molar-refractivity contribution in [2.24, 2.45) is 0 Å². The number of hydrogen-bond donors (Lipinski definition) is 3. The van der Waals surface area contributed by atoms with Crippen LogP contribution < -0.4 is 21.1 Å². The van der Waals surface area contributed by atoms with Gasteiger partial charge in [-0.15, -0.1) is 0 Å². The topological polar surface area (TPSA) is 76.4 Å². The number of nitrogen functional groups attached to an aromatic ring is 1. The number of para-hydroxylation sites is 2. The highest BCUT2D eigenvalue weighted by atomic mass is 16.5. The largest absolute Gasteiger partial charge is 0.491 e. The minimum atomic E-state index is 0.0354. The molecular formula is C19H31N3O2. The summed E-state index contributed by atoms with van der Waals surface area (Å²) in [5.74, 6) is 0.776. The summed E-state index contributed by atoms with van der Waals surface area (Å²) in [6.07, 6.45) is 3.04. The Morgan fingerprint density at radius 1 is 1.25 bits per heavy atom. The number of ether oxygens (including phenoxy) is 1. The van der Waals surface area contributed by atoms with E-state index in [1.807, 2.05) is 24.3 Å². The summed E-state index contributed by atoms with van der Waals surface area (Å²) in [6.45, 7) is 9.23. The molecule has 1 fully saturated rings. The molecule has 0 atom stereocenters. The van der Waals surface area contributed by atoms with Crippen molar-refractivity contribution in [1.82, 2.24) is 10.6 Å². The van der Waals surface area contributed by atoms with Gasteiger partial charge in [0.2, 0.25) is 5.91 Å². The summed E-state index contributed by atoms with van der Waals surface area (Å²) in [5, 5.41) is 6.81. The maximum absolute atomic E-state index is 12.2. The molecule has 1 aliphatic rings. The molecule has 5 heteroatoms. The quantitative estimate of drug-likeness (QED) is 0.553. The third-order valence-corrected chi connectivity index (χ3v) is 4.28. The summed E-state index contributed by atoms with van der Waals surface area (Å²) < 4.78 is 5.63. The van der Waals surface area contributed by atoms with E-state index in [1.54, 1.807) is 0 Å². The Kier molecular flexibility index (Phi) is 5.75. The monoisotopic (exact) mass is 333 g/mol. The van der Waals surface area contributed by atoms with E-state index in [4.69, 9.17) is 10.5 Å². The fourth-order valence-corrected chi connectivity index (χ4v) is 3.75. The molecule has 4 N–H and O–H groups in total. The number of nitrogens with one attached hydrogen (secondary N) is 2. The van der Waals surface area contributed by atoms with Crippen molar-refractivity contribution in [2.75, 3.05) is 12.3 Å². The summed E-state index contributed by atoms with van der Waals surface area (Å²) in [4.78, 5) is 12.2. The van der Waals surface area contributed by atoms with Crippen LogP contribution in [-0.2, 0) is 4.79 Å². The van der Waals surface area contributed by atoms with E-state index in [2.05, 4.69) is 38.3 Å². The number of anilines is 1. The van der Waals surface area contributed by atoms with Crippen LogP contribution in [0.3, 0.4) is 0 Å². The van der Waals surface area contributed by atoms with E-state index in [9.17, 15) is 4.79 Å². The molecule has 0 unspecified atom stereocenters. The number of nitrogens with two attached hydrogens (primary N) is 1. The van der Waals surface area contributed by atoms with Gasteiger partial charge in [0.25, 0.3) is 0 Å². The number of carbonyl (C=O) groups is 1. The van der Waals surface area contributed by atoms with Crippen LogP contribution >= 0.6 is 0 Å². The highest BCUT2D eigenvalue weighted by molar-refractivity contribution is 5.76. The zero-order valence-electron chi connectivity index (χ0n) is 15.3. The van der Waals surface area contributed by atoms with E-state index in [-0.39, 0.29) is 23.0 Å². The second kappa shape index (κ2) is 7.43. The van der Waals surface area contributed by atoms with Gasteiger partial charge in [-0.05, 0) is 59.1 Å². The van der Waals surface area contributed by atoms with Gasteiger partial charge in [-0.3, -0.25) is 4.79 Å². The lowest BCUT2D eigenvalue weighted by Gasteiger charge is -2.46. The molecule has 2 rings (SSSR count). The van der Waals surface area contributed by atoms with Gasteiger partial charge in [0.15, 0.2) is 0 Å². The second-order valence-electron chi connectivity index (χ2n) is 8.06. The van der Waals surface area contributed by atoms with Crippen molar-refractivity contribution in [1.29, 1.82) is 0 Å². The number of rotatable bonds is 6. The third kappa shape index (κ3) is 5.71.